The summed E-state index contributed by atoms with van der Waals surface area (Å²) in [4.78, 5) is 13.5. The van der Waals surface area contributed by atoms with Gasteiger partial charge >= 0.3 is 0 Å². The number of hydrogen-bond donors (Lipinski definition) is 0. The Kier molecular flexibility index (Phi) is 6.01. The number of hydrogen-bond acceptors (Lipinski definition) is 2. The lowest BCUT2D eigenvalue weighted by molar-refractivity contribution is -0.133. The quantitative estimate of drug-likeness (QED) is 0.456. The van der Waals surface area contributed by atoms with Crippen LogP contribution in [0.3, 0.4) is 0 Å². The van der Waals surface area contributed by atoms with E-state index >= 15 is 0 Å². The van der Waals surface area contributed by atoms with Gasteiger partial charge in [-0.05, 0) is 90.2 Å². The lowest BCUT2D eigenvalue weighted by atomic mass is 9.47. The highest BCUT2D eigenvalue weighted by molar-refractivity contribution is 5.95. The van der Waals surface area contributed by atoms with Crippen LogP contribution in [-0.4, -0.2) is 12.9 Å². The van der Waals surface area contributed by atoms with Crippen molar-refractivity contribution >= 4 is 5.78 Å². The number of ether oxygens (including phenoxy) is 1. The third-order valence-electron chi connectivity index (χ3n) is 10.0. The van der Waals surface area contributed by atoms with Crippen molar-refractivity contribution in [2.24, 2.45) is 46.3 Å². The zero-order chi connectivity index (χ0) is 21.7. The maximum absolute atomic E-state index is 13.5. The summed E-state index contributed by atoms with van der Waals surface area (Å²) in [6.07, 6.45) is 15.6. The highest BCUT2D eigenvalue weighted by Gasteiger charge is 2.60. The Morgan fingerprint density at radius 3 is 2.50 bits per heavy atom. The number of allylic oxidation sites excluding steroid dienone is 4. The molecule has 4 aliphatic rings. The van der Waals surface area contributed by atoms with Gasteiger partial charge in [0, 0.05) is 12.3 Å². The van der Waals surface area contributed by atoms with E-state index in [4.69, 9.17) is 4.74 Å². The predicted octanol–water partition coefficient (Wildman–Crippen LogP) is 7.35. The van der Waals surface area contributed by atoms with Gasteiger partial charge in [0.25, 0.3) is 0 Å². The highest BCUT2D eigenvalue weighted by Crippen LogP contribution is 2.66. The van der Waals surface area contributed by atoms with Crippen molar-refractivity contribution in [1.29, 1.82) is 0 Å². The molecule has 2 fully saturated rings. The van der Waals surface area contributed by atoms with Crippen LogP contribution in [0.25, 0.3) is 0 Å². The molecule has 0 aromatic heterocycles. The Hall–Kier alpha value is -1.05. The first-order valence-electron chi connectivity index (χ1n) is 12.7. The van der Waals surface area contributed by atoms with Gasteiger partial charge in [0.1, 0.15) is 0 Å². The van der Waals surface area contributed by atoms with Crippen LogP contribution in [-0.2, 0) is 9.53 Å². The summed E-state index contributed by atoms with van der Waals surface area (Å²) in [7, 11) is 1.76. The SMILES string of the molecule is COC1=CC2=CC(=O)[C@@H]3[C@H]4CC[C@@H]([C@H](C)CCCC(C)C)[C@@]4(C)CC[C@H]3[C@@]2(C)CC1. The molecular formula is C28H44O2. The van der Waals surface area contributed by atoms with Gasteiger partial charge in [0.05, 0.1) is 12.9 Å². The van der Waals surface area contributed by atoms with Crippen molar-refractivity contribution < 1.29 is 9.53 Å². The van der Waals surface area contributed by atoms with Gasteiger partial charge in [-0.25, -0.2) is 0 Å². The van der Waals surface area contributed by atoms with Gasteiger partial charge in [0.2, 0.25) is 0 Å². The Morgan fingerprint density at radius 1 is 1.03 bits per heavy atom. The number of methoxy groups -OCH3 is 1. The largest absolute Gasteiger partial charge is 0.501 e. The first kappa shape index (κ1) is 22.2. The molecule has 0 saturated heterocycles. The summed E-state index contributed by atoms with van der Waals surface area (Å²) in [5.74, 6) is 5.22. The maximum Gasteiger partial charge on any atom is 0.159 e. The van der Waals surface area contributed by atoms with E-state index < -0.39 is 0 Å². The van der Waals surface area contributed by atoms with E-state index in [0.717, 1.165) is 36.4 Å². The summed E-state index contributed by atoms with van der Waals surface area (Å²) in [6.45, 7) is 12.2. The molecule has 2 heteroatoms. The molecule has 4 rings (SSSR count). The van der Waals surface area contributed by atoms with Crippen LogP contribution in [0, 0.1) is 46.3 Å². The number of carbonyl (C=O) groups excluding carboxylic acids is 1. The molecule has 0 aromatic carbocycles. The van der Waals surface area contributed by atoms with Crippen molar-refractivity contribution in [3.8, 4) is 0 Å². The summed E-state index contributed by atoms with van der Waals surface area (Å²) in [5, 5.41) is 0. The van der Waals surface area contributed by atoms with Crippen LogP contribution in [0.4, 0.5) is 0 Å². The van der Waals surface area contributed by atoms with Crippen LogP contribution < -0.4 is 0 Å². The number of rotatable bonds is 6. The zero-order valence-corrected chi connectivity index (χ0v) is 20.3. The molecule has 0 spiro atoms. The Balaban J connectivity index is 1.56. The van der Waals surface area contributed by atoms with Crippen LogP contribution in [0.2, 0.25) is 0 Å². The first-order valence-corrected chi connectivity index (χ1v) is 12.7. The topological polar surface area (TPSA) is 26.3 Å². The molecular weight excluding hydrogens is 368 g/mol. The van der Waals surface area contributed by atoms with Crippen molar-refractivity contribution in [2.45, 2.75) is 92.4 Å². The van der Waals surface area contributed by atoms with E-state index in [2.05, 4.69) is 40.7 Å². The second kappa shape index (κ2) is 8.14. The minimum Gasteiger partial charge on any atom is -0.501 e. The molecule has 0 bridgehead atoms. The molecule has 168 valence electrons. The van der Waals surface area contributed by atoms with E-state index in [0.29, 0.717) is 23.0 Å². The third-order valence-corrected chi connectivity index (χ3v) is 10.0. The average molecular weight is 413 g/mol. The molecule has 0 unspecified atom stereocenters. The van der Waals surface area contributed by atoms with Crippen molar-refractivity contribution in [3.63, 3.8) is 0 Å². The van der Waals surface area contributed by atoms with Crippen LogP contribution >= 0.6 is 0 Å². The summed E-state index contributed by atoms with van der Waals surface area (Å²) >= 11 is 0. The normalized spacial score (nSPS) is 41.5. The molecule has 7 atom stereocenters. The number of carbonyl (C=O) groups is 1. The fourth-order valence-electron chi connectivity index (χ4n) is 8.23. The van der Waals surface area contributed by atoms with Crippen molar-refractivity contribution in [3.05, 3.63) is 23.5 Å². The second-order valence-corrected chi connectivity index (χ2v) is 12.0. The molecule has 0 N–H and O–H groups in total. The molecule has 2 saturated carbocycles. The molecule has 0 heterocycles. The molecule has 30 heavy (non-hydrogen) atoms. The monoisotopic (exact) mass is 412 g/mol. The molecule has 0 radical (unpaired) electrons. The van der Waals surface area contributed by atoms with E-state index in [1.165, 1.54) is 50.5 Å². The Bertz CT molecular complexity index is 731. The zero-order valence-electron chi connectivity index (χ0n) is 20.3. The van der Waals surface area contributed by atoms with E-state index in [-0.39, 0.29) is 11.3 Å². The van der Waals surface area contributed by atoms with E-state index in [1.807, 2.05) is 6.08 Å². The Morgan fingerprint density at radius 2 is 1.80 bits per heavy atom. The number of ketones is 1. The molecule has 2 nitrogen and oxygen atoms in total. The summed E-state index contributed by atoms with van der Waals surface area (Å²) in [5.41, 5.74) is 1.76. The van der Waals surface area contributed by atoms with Gasteiger partial charge < -0.3 is 4.74 Å². The summed E-state index contributed by atoms with van der Waals surface area (Å²) < 4.78 is 5.54. The highest BCUT2D eigenvalue weighted by atomic mass is 16.5. The fraction of sp³-hybridized carbons (Fsp3) is 0.821. The minimum atomic E-state index is 0.156. The standard InChI is InChI=1S/C28H44O2/c1-18(2)8-7-9-19(3)22-10-11-23-26-24(13-15-28(22,23)5)27(4)14-12-21(30-6)16-20(27)17-25(26)29/h16-19,22-24,26H,7-15H2,1-6H3/t19-,22+,23-,24-,26-,27+,28-/m1/s1. The van der Waals surface area contributed by atoms with E-state index in [1.54, 1.807) is 7.11 Å². The second-order valence-electron chi connectivity index (χ2n) is 12.0. The molecule has 0 amide bonds. The molecule has 0 aliphatic heterocycles. The molecule has 0 aromatic rings. The minimum absolute atomic E-state index is 0.156. The van der Waals surface area contributed by atoms with Crippen molar-refractivity contribution in [1.82, 2.24) is 0 Å². The van der Waals surface area contributed by atoms with E-state index in [9.17, 15) is 4.79 Å². The van der Waals surface area contributed by atoms with Gasteiger partial charge in [-0.3, -0.25) is 4.79 Å². The lowest BCUT2D eigenvalue weighted by Gasteiger charge is -2.56. The van der Waals surface area contributed by atoms with Gasteiger partial charge in [-0.1, -0.05) is 53.9 Å². The predicted molar refractivity (Wildman–Crippen MR) is 124 cm³/mol. The van der Waals surface area contributed by atoms with Crippen molar-refractivity contribution in [2.75, 3.05) is 7.11 Å². The molecule has 4 aliphatic carbocycles. The van der Waals surface area contributed by atoms with Crippen LogP contribution in [0.1, 0.15) is 92.4 Å². The third kappa shape index (κ3) is 3.51. The average Bonchev–Trinajstić information content (AvgIpc) is 3.05. The fourth-order valence-corrected chi connectivity index (χ4v) is 8.23. The lowest BCUT2D eigenvalue weighted by Crippen LogP contribution is -2.52. The van der Waals surface area contributed by atoms with Gasteiger partial charge in [-0.15, -0.1) is 0 Å². The summed E-state index contributed by atoms with van der Waals surface area (Å²) in [6, 6.07) is 0. The first-order chi connectivity index (χ1) is 14.2. The number of fused-ring (bicyclic) bond motifs is 5. The smallest absolute Gasteiger partial charge is 0.159 e. The van der Waals surface area contributed by atoms with Gasteiger partial charge in [0.15, 0.2) is 5.78 Å². The maximum atomic E-state index is 13.5. The van der Waals surface area contributed by atoms with Gasteiger partial charge in [-0.2, -0.15) is 0 Å². The van der Waals surface area contributed by atoms with Crippen LogP contribution in [0.15, 0.2) is 23.5 Å². The van der Waals surface area contributed by atoms with Crippen LogP contribution in [0.5, 0.6) is 0 Å². The Labute approximate surface area is 184 Å².